The zero-order valence-corrected chi connectivity index (χ0v) is 15.1. The number of anilines is 1. The summed E-state index contributed by atoms with van der Waals surface area (Å²) >= 11 is 0. The van der Waals surface area contributed by atoms with Crippen LogP contribution < -0.4 is 15.0 Å². The van der Waals surface area contributed by atoms with Crippen LogP contribution >= 0.6 is 0 Å². The molecule has 1 aromatic carbocycles. The molecule has 1 fully saturated rings. The van der Waals surface area contributed by atoms with Gasteiger partial charge in [-0.2, -0.15) is 10.2 Å². The predicted octanol–water partition coefficient (Wildman–Crippen LogP) is 3.10. The van der Waals surface area contributed by atoms with Crippen LogP contribution in [-0.2, 0) is 6.61 Å². The van der Waals surface area contributed by atoms with Crippen molar-refractivity contribution in [2.24, 2.45) is 0 Å². The van der Waals surface area contributed by atoms with E-state index >= 15 is 0 Å². The summed E-state index contributed by atoms with van der Waals surface area (Å²) in [6.45, 7) is 5.57. The standard InChI is InChI=1S/C20H20N4O3/c1-14-3-2-4-15(11-14)25-13-16-5-6-18(26-16)19-23-17(12-21)20(27-19)24-9-7-22-8-10-24/h2-6,11,22H,7-10,13H2,1H3. The zero-order valence-electron chi connectivity index (χ0n) is 15.1. The van der Waals surface area contributed by atoms with Crippen LogP contribution in [0.2, 0.25) is 0 Å². The minimum Gasteiger partial charge on any atom is -0.486 e. The third kappa shape index (κ3) is 3.81. The van der Waals surface area contributed by atoms with Crippen molar-refractivity contribution in [3.63, 3.8) is 0 Å². The first-order valence-corrected chi connectivity index (χ1v) is 8.88. The molecule has 3 aromatic rings. The maximum Gasteiger partial charge on any atom is 0.266 e. The van der Waals surface area contributed by atoms with Gasteiger partial charge in [-0.05, 0) is 36.8 Å². The molecular weight excluding hydrogens is 344 g/mol. The van der Waals surface area contributed by atoms with E-state index in [-0.39, 0.29) is 5.69 Å². The summed E-state index contributed by atoms with van der Waals surface area (Å²) in [6, 6.07) is 13.6. The molecule has 138 valence electrons. The molecule has 3 heterocycles. The van der Waals surface area contributed by atoms with Crippen molar-refractivity contribution in [3.8, 4) is 23.5 Å². The number of piperazine rings is 1. The molecule has 4 rings (SSSR count). The molecule has 27 heavy (non-hydrogen) atoms. The molecular formula is C20H20N4O3. The summed E-state index contributed by atoms with van der Waals surface area (Å²) in [7, 11) is 0. The number of hydrogen-bond acceptors (Lipinski definition) is 7. The molecule has 0 spiro atoms. The lowest BCUT2D eigenvalue weighted by Crippen LogP contribution is -2.43. The Hall–Kier alpha value is -3.24. The van der Waals surface area contributed by atoms with Gasteiger partial charge < -0.3 is 23.8 Å². The number of furan rings is 1. The van der Waals surface area contributed by atoms with E-state index in [2.05, 4.69) is 16.4 Å². The quantitative estimate of drug-likeness (QED) is 0.744. The van der Waals surface area contributed by atoms with Crippen molar-refractivity contribution in [1.82, 2.24) is 10.3 Å². The average molecular weight is 364 g/mol. The number of nitrogens with zero attached hydrogens (tertiary/aromatic N) is 3. The smallest absolute Gasteiger partial charge is 0.266 e. The average Bonchev–Trinajstić information content (AvgIpc) is 3.34. The van der Waals surface area contributed by atoms with Gasteiger partial charge in [0.2, 0.25) is 11.6 Å². The fourth-order valence-corrected chi connectivity index (χ4v) is 3.00. The maximum absolute atomic E-state index is 9.38. The highest BCUT2D eigenvalue weighted by molar-refractivity contribution is 5.56. The Morgan fingerprint density at radius 3 is 2.85 bits per heavy atom. The van der Waals surface area contributed by atoms with Crippen molar-refractivity contribution in [3.05, 3.63) is 53.4 Å². The highest BCUT2D eigenvalue weighted by Gasteiger charge is 2.23. The number of rotatable bonds is 5. The number of benzene rings is 1. The number of nitrogens with one attached hydrogen (secondary N) is 1. The van der Waals surface area contributed by atoms with Crippen LogP contribution in [-0.4, -0.2) is 31.2 Å². The second kappa shape index (κ2) is 7.56. The summed E-state index contributed by atoms with van der Waals surface area (Å²) in [5.41, 5.74) is 1.41. The van der Waals surface area contributed by atoms with Crippen molar-refractivity contribution in [2.75, 3.05) is 31.1 Å². The van der Waals surface area contributed by atoms with Crippen LogP contribution in [0.3, 0.4) is 0 Å². The summed E-state index contributed by atoms with van der Waals surface area (Å²) in [4.78, 5) is 6.32. The molecule has 7 heteroatoms. The Morgan fingerprint density at radius 1 is 1.22 bits per heavy atom. The van der Waals surface area contributed by atoms with E-state index in [1.54, 1.807) is 6.07 Å². The molecule has 1 aliphatic heterocycles. The summed E-state index contributed by atoms with van der Waals surface area (Å²) < 4.78 is 17.4. The Labute approximate surface area is 157 Å². The van der Waals surface area contributed by atoms with Gasteiger partial charge in [-0.3, -0.25) is 0 Å². The lowest BCUT2D eigenvalue weighted by atomic mass is 10.2. The number of nitriles is 1. The monoisotopic (exact) mass is 364 g/mol. The van der Waals surface area contributed by atoms with Crippen LogP contribution in [0.1, 0.15) is 17.0 Å². The Balaban J connectivity index is 1.49. The van der Waals surface area contributed by atoms with Gasteiger partial charge in [0, 0.05) is 26.2 Å². The van der Waals surface area contributed by atoms with Crippen LogP contribution in [0.25, 0.3) is 11.7 Å². The molecule has 1 N–H and O–H groups in total. The first-order chi connectivity index (χ1) is 13.2. The number of aryl methyl sites for hydroxylation is 1. The molecule has 1 aliphatic rings. The second-order valence-electron chi connectivity index (χ2n) is 6.39. The minimum atomic E-state index is 0.279. The number of ether oxygens (including phenoxy) is 1. The van der Waals surface area contributed by atoms with Crippen LogP contribution in [0.15, 0.2) is 45.2 Å². The van der Waals surface area contributed by atoms with Gasteiger partial charge in [0.05, 0.1) is 0 Å². The zero-order chi connectivity index (χ0) is 18.6. The predicted molar refractivity (Wildman–Crippen MR) is 99.5 cm³/mol. The van der Waals surface area contributed by atoms with E-state index in [1.165, 1.54) is 0 Å². The number of oxazole rings is 1. The van der Waals surface area contributed by atoms with Gasteiger partial charge >= 0.3 is 0 Å². The van der Waals surface area contributed by atoms with Crippen molar-refractivity contribution < 1.29 is 13.6 Å². The van der Waals surface area contributed by atoms with Crippen molar-refractivity contribution in [1.29, 1.82) is 5.26 Å². The lowest BCUT2D eigenvalue weighted by Gasteiger charge is -2.26. The van der Waals surface area contributed by atoms with Crippen molar-refractivity contribution >= 4 is 5.88 Å². The highest BCUT2D eigenvalue weighted by atomic mass is 16.5. The van der Waals surface area contributed by atoms with Gasteiger partial charge in [-0.1, -0.05) is 12.1 Å². The minimum absolute atomic E-state index is 0.279. The number of hydrogen-bond donors (Lipinski definition) is 1. The SMILES string of the molecule is Cc1cccc(OCc2ccc(-c3nc(C#N)c(N4CCNCC4)o3)o2)c1. The summed E-state index contributed by atoms with van der Waals surface area (Å²) in [5, 5.41) is 12.7. The normalized spacial score (nSPS) is 14.1. The van der Waals surface area contributed by atoms with E-state index in [0.717, 1.165) is 37.5 Å². The number of aromatic nitrogens is 1. The molecule has 0 unspecified atom stereocenters. The molecule has 0 atom stereocenters. The molecule has 0 bridgehead atoms. The van der Waals surface area contributed by atoms with E-state index in [1.807, 2.05) is 42.2 Å². The summed E-state index contributed by atoms with van der Waals surface area (Å²) in [5.74, 6) is 2.74. The highest BCUT2D eigenvalue weighted by Crippen LogP contribution is 2.29. The molecule has 2 aromatic heterocycles. The topological polar surface area (TPSA) is 87.5 Å². The fraction of sp³-hybridized carbons (Fsp3) is 0.300. The Bertz CT molecular complexity index is 964. The molecule has 7 nitrogen and oxygen atoms in total. The first kappa shape index (κ1) is 17.2. The molecule has 0 aliphatic carbocycles. The van der Waals surface area contributed by atoms with E-state index < -0.39 is 0 Å². The van der Waals surface area contributed by atoms with Gasteiger partial charge in [0.25, 0.3) is 5.89 Å². The maximum atomic E-state index is 9.38. The molecule has 0 radical (unpaired) electrons. The summed E-state index contributed by atoms with van der Waals surface area (Å²) in [6.07, 6.45) is 0. The van der Waals surface area contributed by atoms with Gasteiger partial charge in [-0.25, -0.2) is 0 Å². The molecule has 0 amide bonds. The second-order valence-corrected chi connectivity index (χ2v) is 6.39. The lowest BCUT2D eigenvalue weighted by molar-refractivity contribution is 0.271. The van der Waals surface area contributed by atoms with Crippen LogP contribution in [0.5, 0.6) is 5.75 Å². The Kier molecular flexibility index (Phi) is 4.81. The largest absolute Gasteiger partial charge is 0.486 e. The van der Waals surface area contributed by atoms with Crippen LogP contribution in [0, 0.1) is 18.3 Å². The van der Waals surface area contributed by atoms with E-state index in [0.29, 0.717) is 29.9 Å². The van der Waals surface area contributed by atoms with Gasteiger partial charge in [-0.15, -0.1) is 0 Å². The first-order valence-electron chi connectivity index (χ1n) is 8.88. The Morgan fingerprint density at radius 2 is 2.07 bits per heavy atom. The van der Waals surface area contributed by atoms with Gasteiger partial charge in [0.1, 0.15) is 24.2 Å². The van der Waals surface area contributed by atoms with E-state index in [9.17, 15) is 5.26 Å². The third-order valence-corrected chi connectivity index (χ3v) is 4.36. The molecule has 0 saturated carbocycles. The van der Waals surface area contributed by atoms with Gasteiger partial charge in [0.15, 0.2) is 5.76 Å². The molecule has 1 saturated heterocycles. The fourth-order valence-electron chi connectivity index (χ4n) is 3.00. The third-order valence-electron chi connectivity index (χ3n) is 4.36. The van der Waals surface area contributed by atoms with Crippen LogP contribution in [0.4, 0.5) is 5.88 Å². The van der Waals surface area contributed by atoms with E-state index in [4.69, 9.17) is 13.6 Å². The van der Waals surface area contributed by atoms with Crippen molar-refractivity contribution in [2.45, 2.75) is 13.5 Å².